The van der Waals surface area contributed by atoms with E-state index >= 15 is 0 Å². The number of para-hydroxylation sites is 1. The minimum Gasteiger partial charge on any atom is -0.481 e. The SMILES string of the molecule is C=CCN(Cn1nnc2ccccc21)C(=O)C1N(CCCO)C(=O)[C@@H]2[C@@H](C(=O)O)[C@H]3CCC12O3. The molecule has 3 saturated heterocycles. The summed E-state index contributed by atoms with van der Waals surface area (Å²) in [6.07, 6.45) is 2.18. The average Bonchev–Trinajstić information content (AvgIpc) is 3.56. The molecule has 34 heavy (non-hydrogen) atoms. The van der Waals surface area contributed by atoms with E-state index in [-0.39, 0.29) is 38.7 Å². The van der Waals surface area contributed by atoms with Crippen molar-refractivity contribution in [3.05, 3.63) is 36.9 Å². The maximum absolute atomic E-state index is 14.1. The molecule has 11 heteroatoms. The molecule has 1 aromatic heterocycles. The summed E-state index contributed by atoms with van der Waals surface area (Å²) >= 11 is 0. The molecule has 5 atom stereocenters. The van der Waals surface area contributed by atoms with Crippen LogP contribution in [0.5, 0.6) is 0 Å². The fourth-order valence-electron chi connectivity index (χ4n) is 5.93. The number of amides is 2. The van der Waals surface area contributed by atoms with Crippen molar-refractivity contribution in [1.29, 1.82) is 0 Å². The number of ether oxygens (including phenoxy) is 1. The normalized spacial score (nSPS) is 29.6. The number of benzene rings is 1. The molecule has 0 radical (unpaired) electrons. The fourth-order valence-corrected chi connectivity index (χ4v) is 5.93. The van der Waals surface area contributed by atoms with Crippen molar-refractivity contribution in [2.24, 2.45) is 11.8 Å². The van der Waals surface area contributed by atoms with Crippen molar-refractivity contribution < 1.29 is 29.3 Å². The van der Waals surface area contributed by atoms with Crippen LogP contribution in [-0.2, 0) is 25.8 Å². The van der Waals surface area contributed by atoms with Gasteiger partial charge in [-0.05, 0) is 31.4 Å². The number of hydrogen-bond donors (Lipinski definition) is 2. The topological polar surface area (TPSA) is 138 Å². The van der Waals surface area contributed by atoms with E-state index < -0.39 is 41.5 Å². The van der Waals surface area contributed by atoms with Crippen LogP contribution < -0.4 is 0 Å². The van der Waals surface area contributed by atoms with Gasteiger partial charge < -0.3 is 24.7 Å². The van der Waals surface area contributed by atoms with Gasteiger partial charge in [0.1, 0.15) is 23.8 Å². The molecular formula is C23H27N5O6. The number of hydrogen-bond acceptors (Lipinski definition) is 7. The molecule has 3 fully saturated rings. The van der Waals surface area contributed by atoms with Gasteiger partial charge in [-0.25, -0.2) is 4.68 Å². The van der Waals surface area contributed by atoms with Crippen LogP contribution in [0.25, 0.3) is 11.0 Å². The summed E-state index contributed by atoms with van der Waals surface area (Å²) in [7, 11) is 0. The van der Waals surface area contributed by atoms with E-state index in [1.807, 2.05) is 24.3 Å². The molecule has 4 heterocycles. The molecular weight excluding hydrogens is 442 g/mol. The number of aromatic nitrogens is 3. The van der Waals surface area contributed by atoms with Crippen LogP contribution in [0, 0.1) is 11.8 Å². The number of fused-ring (bicyclic) bond motifs is 2. The number of carbonyl (C=O) groups excluding carboxylic acids is 2. The van der Waals surface area contributed by atoms with Gasteiger partial charge in [0.05, 0.1) is 23.5 Å². The van der Waals surface area contributed by atoms with Gasteiger partial charge >= 0.3 is 5.97 Å². The van der Waals surface area contributed by atoms with E-state index in [1.165, 1.54) is 9.80 Å². The molecule has 0 aliphatic carbocycles. The number of carboxylic acid groups (broad SMARTS) is 1. The number of carbonyl (C=O) groups is 3. The summed E-state index contributed by atoms with van der Waals surface area (Å²) in [6, 6.07) is 6.40. The highest BCUT2D eigenvalue weighted by Gasteiger charge is 2.74. The van der Waals surface area contributed by atoms with Gasteiger partial charge in [-0.1, -0.05) is 23.4 Å². The molecule has 1 aromatic carbocycles. The van der Waals surface area contributed by atoms with Gasteiger partial charge in [0, 0.05) is 19.7 Å². The first-order chi connectivity index (χ1) is 16.4. The van der Waals surface area contributed by atoms with Crippen LogP contribution in [-0.4, -0.2) is 90.2 Å². The third kappa shape index (κ3) is 3.22. The van der Waals surface area contributed by atoms with Gasteiger partial charge in [0.2, 0.25) is 11.8 Å². The second-order valence-electron chi connectivity index (χ2n) is 9.07. The summed E-state index contributed by atoms with van der Waals surface area (Å²) < 4.78 is 7.80. The van der Waals surface area contributed by atoms with E-state index in [0.29, 0.717) is 18.4 Å². The van der Waals surface area contributed by atoms with Crippen molar-refractivity contribution in [3.63, 3.8) is 0 Å². The lowest BCUT2D eigenvalue weighted by atomic mass is 9.70. The minimum absolute atomic E-state index is 0.0798. The highest BCUT2D eigenvalue weighted by atomic mass is 16.5. The number of aliphatic hydroxyl groups is 1. The Morgan fingerprint density at radius 3 is 2.88 bits per heavy atom. The van der Waals surface area contributed by atoms with Crippen molar-refractivity contribution >= 4 is 28.8 Å². The van der Waals surface area contributed by atoms with Gasteiger partial charge in [-0.3, -0.25) is 14.4 Å². The van der Waals surface area contributed by atoms with E-state index in [9.17, 15) is 24.6 Å². The van der Waals surface area contributed by atoms with Crippen molar-refractivity contribution in [2.45, 2.75) is 43.7 Å². The zero-order valence-corrected chi connectivity index (χ0v) is 18.6. The molecule has 3 aliphatic heterocycles. The van der Waals surface area contributed by atoms with Gasteiger partial charge in [0.15, 0.2) is 0 Å². The first kappa shape index (κ1) is 22.5. The number of aliphatic carboxylic acids is 1. The minimum atomic E-state index is -1.19. The van der Waals surface area contributed by atoms with Crippen LogP contribution >= 0.6 is 0 Å². The Hall–Kier alpha value is -3.31. The molecule has 0 saturated carbocycles. The van der Waals surface area contributed by atoms with Crippen molar-refractivity contribution in [2.75, 3.05) is 19.7 Å². The monoisotopic (exact) mass is 469 g/mol. The molecule has 2 aromatic rings. The summed E-state index contributed by atoms with van der Waals surface area (Å²) in [4.78, 5) is 42.5. The molecule has 11 nitrogen and oxygen atoms in total. The van der Waals surface area contributed by atoms with Crippen LogP contribution in [0.15, 0.2) is 36.9 Å². The quantitative estimate of drug-likeness (QED) is 0.499. The maximum Gasteiger partial charge on any atom is 0.310 e. The molecule has 3 aliphatic rings. The Bertz CT molecular complexity index is 1150. The predicted molar refractivity (Wildman–Crippen MR) is 118 cm³/mol. The predicted octanol–water partition coefficient (Wildman–Crippen LogP) is 0.245. The first-order valence-electron chi connectivity index (χ1n) is 11.4. The largest absolute Gasteiger partial charge is 0.481 e. The average molecular weight is 469 g/mol. The number of carboxylic acids is 1. The van der Waals surface area contributed by atoms with Gasteiger partial charge in [-0.15, -0.1) is 11.7 Å². The third-order valence-corrected chi connectivity index (χ3v) is 7.26. The zero-order valence-electron chi connectivity index (χ0n) is 18.6. The summed E-state index contributed by atoms with van der Waals surface area (Å²) in [5.74, 6) is -3.75. The maximum atomic E-state index is 14.1. The lowest BCUT2D eigenvalue weighted by molar-refractivity contribution is -0.151. The lowest BCUT2D eigenvalue weighted by Gasteiger charge is -2.36. The second-order valence-corrected chi connectivity index (χ2v) is 9.07. The molecule has 1 spiro atoms. The third-order valence-electron chi connectivity index (χ3n) is 7.26. The van der Waals surface area contributed by atoms with E-state index in [2.05, 4.69) is 16.9 Å². The smallest absolute Gasteiger partial charge is 0.310 e. The van der Waals surface area contributed by atoms with Crippen LogP contribution in [0.1, 0.15) is 19.3 Å². The number of aliphatic hydroxyl groups excluding tert-OH is 1. The first-order valence-corrected chi connectivity index (χ1v) is 11.4. The molecule has 5 rings (SSSR count). The Balaban J connectivity index is 1.51. The molecule has 2 bridgehead atoms. The highest BCUT2D eigenvalue weighted by Crippen LogP contribution is 2.58. The van der Waals surface area contributed by atoms with Gasteiger partial charge in [-0.2, -0.15) is 0 Å². The lowest BCUT2D eigenvalue weighted by Crippen LogP contribution is -2.56. The van der Waals surface area contributed by atoms with Crippen molar-refractivity contribution in [3.8, 4) is 0 Å². The molecule has 2 amide bonds. The van der Waals surface area contributed by atoms with Crippen LogP contribution in [0.3, 0.4) is 0 Å². The van der Waals surface area contributed by atoms with E-state index in [0.717, 1.165) is 5.52 Å². The summed E-state index contributed by atoms with van der Waals surface area (Å²) in [5.41, 5.74) is 0.250. The molecule has 180 valence electrons. The summed E-state index contributed by atoms with van der Waals surface area (Å²) in [6.45, 7) is 4.02. The standard InChI is InChI=1S/C23H27N5O6/c1-2-10-26(13-28-15-7-4-3-6-14(15)24-25-28)21(31)19-23-9-8-16(34-23)17(22(32)33)18(23)20(30)27(19)11-5-12-29/h2-4,6-7,16-19,29H,1,5,8-13H2,(H,32,33)/t16-,17+,18+,19?,23?/m1/s1. The van der Waals surface area contributed by atoms with Crippen LogP contribution in [0.2, 0.25) is 0 Å². The number of likely N-dealkylation sites (tertiary alicyclic amines) is 1. The Kier molecular flexibility index (Phi) is 5.61. The second kappa shape index (κ2) is 8.48. The van der Waals surface area contributed by atoms with Crippen molar-refractivity contribution in [1.82, 2.24) is 24.8 Å². The van der Waals surface area contributed by atoms with E-state index in [1.54, 1.807) is 10.8 Å². The number of rotatable bonds is 9. The number of nitrogens with zero attached hydrogens (tertiary/aromatic N) is 5. The Morgan fingerprint density at radius 2 is 2.15 bits per heavy atom. The summed E-state index contributed by atoms with van der Waals surface area (Å²) in [5, 5.41) is 27.5. The highest BCUT2D eigenvalue weighted by molar-refractivity contribution is 5.98. The Labute approximate surface area is 195 Å². The van der Waals surface area contributed by atoms with E-state index in [4.69, 9.17) is 4.74 Å². The van der Waals surface area contributed by atoms with Gasteiger partial charge in [0.25, 0.3) is 0 Å². The zero-order chi connectivity index (χ0) is 24.0. The van der Waals surface area contributed by atoms with Crippen LogP contribution in [0.4, 0.5) is 0 Å². The molecule has 2 unspecified atom stereocenters. The Morgan fingerprint density at radius 1 is 1.35 bits per heavy atom. The fraction of sp³-hybridized carbons (Fsp3) is 0.522. The molecule has 2 N–H and O–H groups in total.